The molecule has 0 spiro atoms. The fraction of sp³-hybridized carbons (Fsp3) is 0.500. The van der Waals surface area contributed by atoms with Crippen LogP contribution in [0.3, 0.4) is 0 Å². The van der Waals surface area contributed by atoms with Crippen LogP contribution >= 0.6 is 11.8 Å². The Morgan fingerprint density at radius 3 is 2.29 bits per heavy atom. The van der Waals surface area contributed by atoms with Crippen LogP contribution in [-0.2, 0) is 4.79 Å². The van der Waals surface area contributed by atoms with Crippen LogP contribution in [0.25, 0.3) is 0 Å². The van der Waals surface area contributed by atoms with Gasteiger partial charge in [-0.25, -0.2) is 4.79 Å². The number of carboxylic acids is 1. The van der Waals surface area contributed by atoms with Crippen LogP contribution < -0.4 is 5.32 Å². The zero-order valence-electron chi connectivity index (χ0n) is 12.4. The average Bonchev–Trinajstić information content (AvgIpc) is 2.49. The Hall–Kier alpha value is -1.49. The van der Waals surface area contributed by atoms with Gasteiger partial charge in [-0.3, -0.25) is 4.79 Å². The van der Waals surface area contributed by atoms with Crippen molar-refractivity contribution in [2.75, 3.05) is 6.26 Å². The first-order valence-corrected chi connectivity index (χ1v) is 8.39. The highest BCUT2D eigenvalue weighted by Gasteiger charge is 2.42. The molecule has 0 saturated heterocycles. The van der Waals surface area contributed by atoms with Crippen molar-refractivity contribution in [3.05, 3.63) is 29.8 Å². The molecule has 1 amide bonds. The first-order chi connectivity index (χ1) is 9.97. The topological polar surface area (TPSA) is 66.4 Å². The van der Waals surface area contributed by atoms with Gasteiger partial charge >= 0.3 is 5.97 Å². The van der Waals surface area contributed by atoms with Crippen LogP contribution in [0.15, 0.2) is 29.2 Å². The second kappa shape index (κ2) is 6.52. The molecule has 1 aromatic carbocycles. The molecule has 0 heterocycles. The minimum Gasteiger partial charge on any atom is -0.480 e. The lowest BCUT2D eigenvalue weighted by Crippen LogP contribution is -2.56. The summed E-state index contributed by atoms with van der Waals surface area (Å²) in [4.78, 5) is 25.0. The normalized spacial score (nSPS) is 25.3. The van der Waals surface area contributed by atoms with Crippen molar-refractivity contribution < 1.29 is 14.7 Å². The molecule has 1 fully saturated rings. The maximum absolute atomic E-state index is 12.3. The van der Waals surface area contributed by atoms with Gasteiger partial charge in [0.1, 0.15) is 5.54 Å². The number of hydrogen-bond donors (Lipinski definition) is 2. The second-order valence-electron chi connectivity index (χ2n) is 5.75. The van der Waals surface area contributed by atoms with E-state index in [1.165, 1.54) is 0 Å². The van der Waals surface area contributed by atoms with E-state index >= 15 is 0 Å². The van der Waals surface area contributed by atoms with Gasteiger partial charge < -0.3 is 10.4 Å². The van der Waals surface area contributed by atoms with E-state index in [1.807, 2.05) is 18.4 Å². The van der Waals surface area contributed by atoms with E-state index in [4.69, 9.17) is 0 Å². The van der Waals surface area contributed by atoms with Crippen LogP contribution in [0.4, 0.5) is 0 Å². The molecule has 1 aromatic rings. The minimum absolute atomic E-state index is 0.306. The highest BCUT2D eigenvalue weighted by molar-refractivity contribution is 7.98. The fourth-order valence-electron chi connectivity index (χ4n) is 2.68. The molecule has 0 radical (unpaired) electrons. The lowest BCUT2D eigenvalue weighted by atomic mass is 9.77. The Kier molecular flexibility index (Phi) is 4.93. The summed E-state index contributed by atoms with van der Waals surface area (Å²) in [7, 11) is 0. The van der Waals surface area contributed by atoms with Crippen molar-refractivity contribution in [2.45, 2.75) is 43.0 Å². The highest BCUT2D eigenvalue weighted by Crippen LogP contribution is 2.32. The third-order valence-corrected chi connectivity index (χ3v) is 4.99. The van der Waals surface area contributed by atoms with Crippen LogP contribution in [0.2, 0.25) is 0 Å². The van der Waals surface area contributed by atoms with E-state index < -0.39 is 11.5 Å². The summed E-state index contributed by atoms with van der Waals surface area (Å²) in [5, 5.41) is 12.3. The van der Waals surface area contributed by atoms with E-state index in [1.54, 1.807) is 23.9 Å². The molecule has 2 rings (SSSR count). The molecule has 4 nitrogen and oxygen atoms in total. The van der Waals surface area contributed by atoms with Crippen molar-refractivity contribution in [1.29, 1.82) is 0 Å². The number of nitrogens with one attached hydrogen (secondary N) is 1. The Bertz CT molecular complexity index is 519. The molecule has 0 aromatic heterocycles. The predicted octanol–water partition coefficient (Wildman–Crippen LogP) is 3.17. The Morgan fingerprint density at radius 2 is 1.81 bits per heavy atom. The smallest absolute Gasteiger partial charge is 0.329 e. The maximum Gasteiger partial charge on any atom is 0.329 e. The predicted molar refractivity (Wildman–Crippen MR) is 83.7 cm³/mol. The van der Waals surface area contributed by atoms with Crippen LogP contribution in [0.5, 0.6) is 0 Å². The Balaban J connectivity index is 2.12. The molecule has 21 heavy (non-hydrogen) atoms. The number of carbonyl (C=O) groups is 2. The molecule has 1 aliphatic rings. The number of benzene rings is 1. The van der Waals surface area contributed by atoms with E-state index in [9.17, 15) is 14.7 Å². The zero-order chi connectivity index (χ0) is 15.5. The maximum atomic E-state index is 12.3. The van der Waals surface area contributed by atoms with Gasteiger partial charge in [-0.1, -0.05) is 6.92 Å². The van der Waals surface area contributed by atoms with Crippen LogP contribution in [0, 0.1) is 5.92 Å². The molecule has 0 atom stereocenters. The summed E-state index contributed by atoms with van der Waals surface area (Å²) in [5.41, 5.74) is -0.603. The summed E-state index contributed by atoms with van der Waals surface area (Å²) in [5.74, 6) is -0.710. The zero-order valence-corrected chi connectivity index (χ0v) is 13.2. The number of amides is 1. The van der Waals surface area contributed by atoms with Crippen molar-refractivity contribution in [3.8, 4) is 0 Å². The largest absolute Gasteiger partial charge is 0.480 e. The molecule has 1 aliphatic carbocycles. The number of carbonyl (C=O) groups excluding carboxylic acids is 1. The molecule has 1 saturated carbocycles. The van der Waals surface area contributed by atoms with Crippen molar-refractivity contribution in [2.24, 2.45) is 5.92 Å². The fourth-order valence-corrected chi connectivity index (χ4v) is 3.09. The van der Waals surface area contributed by atoms with Crippen LogP contribution in [0.1, 0.15) is 43.0 Å². The quantitative estimate of drug-likeness (QED) is 0.839. The lowest BCUT2D eigenvalue weighted by molar-refractivity contribution is -0.146. The molecule has 5 heteroatoms. The molecule has 114 valence electrons. The molecule has 0 bridgehead atoms. The monoisotopic (exact) mass is 307 g/mol. The summed E-state index contributed by atoms with van der Waals surface area (Å²) in [6.45, 7) is 2.12. The van der Waals surface area contributed by atoms with Gasteiger partial charge in [0.2, 0.25) is 0 Å². The van der Waals surface area contributed by atoms with E-state index in [0.717, 1.165) is 17.7 Å². The Labute approximate surface area is 129 Å². The molecular formula is C16H21NO3S. The summed E-state index contributed by atoms with van der Waals surface area (Å²) in [6, 6.07) is 7.22. The lowest BCUT2D eigenvalue weighted by Gasteiger charge is -2.36. The van der Waals surface area contributed by atoms with Crippen molar-refractivity contribution in [3.63, 3.8) is 0 Å². The average molecular weight is 307 g/mol. The summed E-state index contributed by atoms with van der Waals surface area (Å²) < 4.78 is 0. The first-order valence-electron chi connectivity index (χ1n) is 7.17. The summed E-state index contributed by atoms with van der Waals surface area (Å²) in [6.07, 6.45) is 4.63. The van der Waals surface area contributed by atoms with E-state index in [2.05, 4.69) is 12.2 Å². The first kappa shape index (κ1) is 15.9. The van der Waals surface area contributed by atoms with Gasteiger partial charge in [-0.2, -0.15) is 0 Å². The third-order valence-electron chi connectivity index (χ3n) is 4.24. The van der Waals surface area contributed by atoms with Gasteiger partial charge in [0.15, 0.2) is 0 Å². The third kappa shape index (κ3) is 3.59. The second-order valence-corrected chi connectivity index (χ2v) is 6.63. The van der Waals surface area contributed by atoms with Crippen LogP contribution in [-0.4, -0.2) is 28.8 Å². The van der Waals surface area contributed by atoms with E-state index in [0.29, 0.717) is 24.3 Å². The summed E-state index contributed by atoms with van der Waals surface area (Å²) >= 11 is 1.60. The van der Waals surface area contributed by atoms with Crippen molar-refractivity contribution in [1.82, 2.24) is 5.32 Å². The van der Waals surface area contributed by atoms with E-state index in [-0.39, 0.29) is 5.91 Å². The highest BCUT2D eigenvalue weighted by atomic mass is 32.2. The molecule has 2 N–H and O–H groups in total. The standard InChI is InChI=1S/C16H21NO3S/c1-11-7-9-16(10-8-11,15(19)20)17-14(18)12-3-5-13(21-2)6-4-12/h3-6,11H,7-10H2,1-2H3,(H,17,18)(H,19,20). The number of aliphatic carboxylic acids is 1. The van der Waals surface area contributed by atoms with Gasteiger partial charge in [0, 0.05) is 10.5 Å². The number of rotatable bonds is 4. The molecular weight excluding hydrogens is 286 g/mol. The Morgan fingerprint density at radius 1 is 1.24 bits per heavy atom. The molecule has 0 unspecified atom stereocenters. The SMILES string of the molecule is CSc1ccc(C(=O)NC2(C(=O)O)CCC(C)CC2)cc1. The number of carboxylic acid groups (broad SMARTS) is 1. The van der Waals surface area contributed by atoms with Gasteiger partial charge in [-0.05, 0) is 62.1 Å². The number of thioether (sulfide) groups is 1. The number of hydrogen-bond acceptors (Lipinski definition) is 3. The van der Waals surface area contributed by atoms with Gasteiger partial charge in [0.05, 0.1) is 0 Å². The van der Waals surface area contributed by atoms with Crippen molar-refractivity contribution >= 4 is 23.6 Å². The minimum atomic E-state index is -1.11. The van der Waals surface area contributed by atoms with Gasteiger partial charge in [-0.15, -0.1) is 11.8 Å². The molecule has 0 aliphatic heterocycles. The van der Waals surface area contributed by atoms with Gasteiger partial charge in [0.25, 0.3) is 5.91 Å².